The van der Waals surface area contributed by atoms with Crippen molar-refractivity contribution in [2.45, 2.75) is 32.4 Å². The van der Waals surface area contributed by atoms with Gasteiger partial charge in [0.05, 0.1) is 0 Å². The van der Waals surface area contributed by atoms with Gasteiger partial charge in [0.1, 0.15) is 5.75 Å². The van der Waals surface area contributed by atoms with Crippen LogP contribution in [0.1, 0.15) is 19.4 Å². The first kappa shape index (κ1) is 16.5. The second-order valence-corrected chi connectivity index (χ2v) is 6.86. The second kappa shape index (κ2) is 7.49. The molecule has 0 radical (unpaired) electrons. The van der Waals surface area contributed by atoms with E-state index in [-0.39, 0.29) is 11.9 Å². The lowest BCUT2D eigenvalue weighted by atomic mass is 10.1. The van der Waals surface area contributed by atoms with E-state index < -0.39 is 6.10 Å². The van der Waals surface area contributed by atoms with E-state index in [9.17, 15) is 4.79 Å². The molecule has 3 nitrogen and oxygen atoms in total. The van der Waals surface area contributed by atoms with Crippen LogP contribution in [0.4, 0.5) is 0 Å². The molecule has 0 bridgehead atoms. The predicted molar refractivity (Wildman–Crippen MR) is 99.7 cm³/mol. The van der Waals surface area contributed by atoms with Gasteiger partial charge in [-0.2, -0.15) is 0 Å². The van der Waals surface area contributed by atoms with Gasteiger partial charge < -0.3 is 10.1 Å². The summed E-state index contributed by atoms with van der Waals surface area (Å²) in [5, 5.41) is 6.50. The minimum Gasteiger partial charge on any atom is -0.481 e. The smallest absolute Gasteiger partial charge is 0.260 e. The molecule has 0 aliphatic heterocycles. The van der Waals surface area contributed by atoms with Gasteiger partial charge in [0.25, 0.3) is 5.91 Å². The number of rotatable bonds is 6. The molecule has 1 amide bonds. The van der Waals surface area contributed by atoms with E-state index in [0.717, 1.165) is 6.42 Å². The molecule has 2 atom stereocenters. The maximum atomic E-state index is 12.3. The summed E-state index contributed by atoms with van der Waals surface area (Å²) in [6, 6.07) is 17.8. The summed E-state index contributed by atoms with van der Waals surface area (Å²) >= 11 is 1.75. The standard InChI is InChI=1S/C20H21NO2S/c1-14(12-16-13-24-19-11-7-6-10-18(16)19)21-20(22)15(2)23-17-8-4-3-5-9-17/h3-11,13-15H,12H2,1-2H3,(H,21,22)/t14-,15-/m1/s1. The Kier molecular flexibility index (Phi) is 5.16. The summed E-state index contributed by atoms with van der Waals surface area (Å²) in [4.78, 5) is 12.3. The third kappa shape index (κ3) is 3.95. The minimum absolute atomic E-state index is 0.0531. The second-order valence-electron chi connectivity index (χ2n) is 5.94. The molecule has 0 aliphatic carbocycles. The Bertz CT molecular complexity index is 813. The van der Waals surface area contributed by atoms with Crippen LogP contribution >= 0.6 is 11.3 Å². The van der Waals surface area contributed by atoms with Gasteiger partial charge in [0.15, 0.2) is 6.10 Å². The highest BCUT2D eigenvalue weighted by atomic mass is 32.1. The van der Waals surface area contributed by atoms with Crippen LogP contribution in [0.2, 0.25) is 0 Å². The molecular weight excluding hydrogens is 318 g/mol. The number of ether oxygens (including phenoxy) is 1. The van der Waals surface area contributed by atoms with Crippen molar-refractivity contribution in [3.8, 4) is 5.75 Å². The average Bonchev–Trinajstić information content (AvgIpc) is 2.99. The zero-order chi connectivity index (χ0) is 16.9. The number of carbonyl (C=O) groups is 1. The molecule has 0 aliphatic rings. The molecule has 0 unspecified atom stereocenters. The Morgan fingerprint density at radius 3 is 2.58 bits per heavy atom. The lowest BCUT2D eigenvalue weighted by molar-refractivity contribution is -0.127. The molecule has 2 aromatic carbocycles. The number of hydrogen-bond acceptors (Lipinski definition) is 3. The Morgan fingerprint density at radius 2 is 1.79 bits per heavy atom. The Hall–Kier alpha value is -2.33. The van der Waals surface area contributed by atoms with Crippen LogP contribution in [0.3, 0.4) is 0 Å². The lowest BCUT2D eigenvalue weighted by Gasteiger charge is -2.18. The molecule has 3 rings (SSSR count). The van der Waals surface area contributed by atoms with Gasteiger partial charge in [-0.15, -0.1) is 11.3 Å². The highest BCUT2D eigenvalue weighted by Gasteiger charge is 2.17. The number of amides is 1. The summed E-state index contributed by atoms with van der Waals surface area (Å²) in [6.07, 6.45) is 0.294. The number of carbonyl (C=O) groups excluding carboxylic acids is 1. The van der Waals surface area contributed by atoms with E-state index in [2.05, 4.69) is 35.0 Å². The first-order chi connectivity index (χ1) is 11.6. The topological polar surface area (TPSA) is 38.3 Å². The quantitative estimate of drug-likeness (QED) is 0.722. The van der Waals surface area contributed by atoms with E-state index in [4.69, 9.17) is 4.74 Å². The maximum absolute atomic E-state index is 12.3. The van der Waals surface area contributed by atoms with Crippen LogP contribution in [0.5, 0.6) is 5.75 Å². The van der Waals surface area contributed by atoms with Crippen molar-refractivity contribution >= 4 is 27.3 Å². The molecule has 3 aromatic rings. The van der Waals surface area contributed by atoms with E-state index >= 15 is 0 Å². The minimum atomic E-state index is -0.519. The number of nitrogens with one attached hydrogen (secondary N) is 1. The maximum Gasteiger partial charge on any atom is 0.260 e. The molecule has 24 heavy (non-hydrogen) atoms. The van der Waals surface area contributed by atoms with E-state index in [0.29, 0.717) is 5.75 Å². The van der Waals surface area contributed by atoms with Gasteiger partial charge in [0, 0.05) is 10.7 Å². The molecule has 1 aromatic heterocycles. The molecule has 0 fully saturated rings. The monoisotopic (exact) mass is 339 g/mol. The van der Waals surface area contributed by atoms with Gasteiger partial charge in [-0.3, -0.25) is 4.79 Å². The van der Waals surface area contributed by atoms with E-state index in [1.54, 1.807) is 18.3 Å². The van der Waals surface area contributed by atoms with Crippen molar-refractivity contribution in [1.29, 1.82) is 0 Å². The molecular formula is C20H21NO2S. The fraction of sp³-hybridized carbons (Fsp3) is 0.250. The zero-order valence-electron chi connectivity index (χ0n) is 13.9. The third-order valence-electron chi connectivity index (χ3n) is 3.90. The first-order valence-electron chi connectivity index (χ1n) is 8.10. The van der Waals surface area contributed by atoms with Crippen LogP contribution in [0.25, 0.3) is 10.1 Å². The number of benzene rings is 2. The van der Waals surface area contributed by atoms with Crippen molar-refractivity contribution in [2.75, 3.05) is 0 Å². The number of para-hydroxylation sites is 1. The van der Waals surface area contributed by atoms with Crippen LogP contribution in [-0.4, -0.2) is 18.1 Å². The fourth-order valence-electron chi connectivity index (χ4n) is 2.69. The molecule has 0 saturated heterocycles. The van der Waals surface area contributed by atoms with Gasteiger partial charge in [-0.25, -0.2) is 0 Å². The average molecular weight is 339 g/mol. The van der Waals surface area contributed by atoms with Crippen LogP contribution in [-0.2, 0) is 11.2 Å². The largest absolute Gasteiger partial charge is 0.481 e. The van der Waals surface area contributed by atoms with E-state index in [1.165, 1.54) is 15.6 Å². The highest BCUT2D eigenvalue weighted by molar-refractivity contribution is 7.17. The Balaban J connectivity index is 1.58. The van der Waals surface area contributed by atoms with Crippen molar-refractivity contribution in [3.05, 3.63) is 65.5 Å². The van der Waals surface area contributed by atoms with E-state index in [1.807, 2.05) is 37.3 Å². The summed E-state index contributed by atoms with van der Waals surface area (Å²) in [6.45, 7) is 3.80. The van der Waals surface area contributed by atoms with Gasteiger partial charge >= 0.3 is 0 Å². The molecule has 0 spiro atoms. The van der Waals surface area contributed by atoms with Crippen LogP contribution in [0.15, 0.2) is 60.0 Å². The van der Waals surface area contributed by atoms with Crippen molar-refractivity contribution in [3.63, 3.8) is 0 Å². The molecule has 0 saturated carbocycles. The predicted octanol–water partition coefficient (Wildman–Crippen LogP) is 4.42. The van der Waals surface area contributed by atoms with Crippen molar-refractivity contribution in [2.24, 2.45) is 0 Å². The molecule has 1 heterocycles. The Morgan fingerprint density at radius 1 is 1.08 bits per heavy atom. The zero-order valence-corrected chi connectivity index (χ0v) is 14.7. The highest BCUT2D eigenvalue weighted by Crippen LogP contribution is 2.26. The SMILES string of the molecule is C[C@H](Cc1csc2ccccc12)NC(=O)[C@@H](C)Oc1ccccc1. The molecule has 1 N–H and O–H groups in total. The fourth-order valence-corrected chi connectivity index (χ4v) is 3.66. The number of thiophene rings is 1. The van der Waals surface area contributed by atoms with Crippen molar-refractivity contribution < 1.29 is 9.53 Å². The summed E-state index contributed by atoms with van der Waals surface area (Å²) in [7, 11) is 0. The van der Waals surface area contributed by atoms with Crippen LogP contribution < -0.4 is 10.1 Å². The lowest BCUT2D eigenvalue weighted by Crippen LogP contribution is -2.42. The summed E-state index contributed by atoms with van der Waals surface area (Å²) in [5.41, 5.74) is 1.28. The van der Waals surface area contributed by atoms with Crippen LogP contribution in [0, 0.1) is 0 Å². The van der Waals surface area contributed by atoms with Gasteiger partial charge in [-0.1, -0.05) is 36.4 Å². The molecule has 124 valence electrons. The molecule has 4 heteroatoms. The normalized spacial score (nSPS) is 13.4. The van der Waals surface area contributed by atoms with Gasteiger partial charge in [-0.05, 0) is 54.8 Å². The van der Waals surface area contributed by atoms with Gasteiger partial charge in [0.2, 0.25) is 0 Å². The summed E-state index contributed by atoms with van der Waals surface area (Å²) < 4.78 is 6.96. The number of fused-ring (bicyclic) bond motifs is 1. The Labute approximate surface area is 146 Å². The summed E-state index contributed by atoms with van der Waals surface area (Å²) in [5.74, 6) is 0.613. The third-order valence-corrected chi connectivity index (χ3v) is 4.91. The first-order valence-corrected chi connectivity index (χ1v) is 8.98. The number of hydrogen-bond donors (Lipinski definition) is 1. The van der Waals surface area contributed by atoms with Crippen molar-refractivity contribution in [1.82, 2.24) is 5.32 Å².